The molecule has 0 aliphatic heterocycles. The highest BCUT2D eigenvalue weighted by Crippen LogP contribution is 2.36. The van der Waals surface area contributed by atoms with Crippen LogP contribution in [0.5, 0.6) is 0 Å². The summed E-state index contributed by atoms with van der Waals surface area (Å²) in [4.78, 5) is 22.4. The minimum atomic E-state index is -0.413. The van der Waals surface area contributed by atoms with E-state index in [1.165, 1.54) is 12.7 Å². The summed E-state index contributed by atoms with van der Waals surface area (Å²) in [5.74, 6) is 0.0476. The third kappa shape index (κ3) is 4.84. The Hall–Kier alpha value is -2.30. The van der Waals surface area contributed by atoms with E-state index < -0.39 is 5.92 Å². The lowest BCUT2D eigenvalue weighted by molar-refractivity contribution is -0.145. The minimum absolute atomic E-state index is 0.282. The summed E-state index contributed by atoms with van der Waals surface area (Å²) in [6.45, 7) is 0.796. The molecule has 0 heterocycles. The predicted molar refractivity (Wildman–Crippen MR) is 84.6 cm³/mol. The predicted octanol–water partition coefficient (Wildman–Crippen LogP) is 2.43. The van der Waals surface area contributed by atoms with Crippen LogP contribution >= 0.6 is 0 Å². The molecule has 0 radical (unpaired) electrons. The lowest BCUT2D eigenvalue weighted by Crippen LogP contribution is -2.22. The van der Waals surface area contributed by atoms with Crippen LogP contribution in [-0.4, -0.2) is 33.3 Å². The van der Waals surface area contributed by atoms with Crippen molar-refractivity contribution in [3.05, 3.63) is 46.7 Å². The second-order valence-corrected chi connectivity index (χ2v) is 5.49. The second kappa shape index (κ2) is 8.36. The van der Waals surface area contributed by atoms with Crippen LogP contribution in [0.3, 0.4) is 0 Å². The summed E-state index contributed by atoms with van der Waals surface area (Å²) in [7, 11) is 3.00. The first-order valence-electron chi connectivity index (χ1n) is 7.66. The van der Waals surface area contributed by atoms with Gasteiger partial charge in [0, 0.05) is 6.42 Å². The van der Waals surface area contributed by atoms with Crippen molar-refractivity contribution >= 4 is 12.4 Å². The molecule has 2 rings (SSSR count). The van der Waals surface area contributed by atoms with E-state index in [4.69, 9.17) is 14.2 Å². The van der Waals surface area contributed by atoms with Gasteiger partial charge >= 0.3 is 5.97 Å². The number of methoxy groups -OCH3 is 2. The van der Waals surface area contributed by atoms with E-state index in [9.17, 15) is 9.59 Å². The molecular formula is C18H22O5. The molecule has 0 saturated heterocycles. The first-order valence-corrected chi connectivity index (χ1v) is 7.66. The molecule has 0 spiro atoms. The van der Waals surface area contributed by atoms with Gasteiger partial charge in [-0.15, -0.1) is 0 Å². The molecule has 0 amide bonds. The van der Waals surface area contributed by atoms with Crippen LogP contribution in [-0.2, 0) is 36.6 Å². The molecule has 1 unspecified atom stereocenters. The number of hydrogen-bond acceptors (Lipinski definition) is 5. The van der Waals surface area contributed by atoms with Crippen molar-refractivity contribution in [3.8, 4) is 0 Å². The molecule has 1 aliphatic rings. The largest absolute Gasteiger partial charge is 0.500 e. The number of hydrogen-bond donors (Lipinski definition) is 0. The van der Waals surface area contributed by atoms with Crippen LogP contribution < -0.4 is 0 Å². The smallest absolute Gasteiger partial charge is 0.316 e. The maximum absolute atomic E-state index is 12.1. The Balaban J connectivity index is 2.13. The zero-order chi connectivity index (χ0) is 16.7. The molecule has 124 valence electrons. The molecule has 1 atom stereocenters. The van der Waals surface area contributed by atoms with Crippen LogP contribution in [0.2, 0.25) is 0 Å². The van der Waals surface area contributed by atoms with Gasteiger partial charge in [0.05, 0.1) is 20.8 Å². The molecule has 1 aromatic rings. The lowest BCUT2D eigenvalue weighted by Gasteiger charge is -2.18. The van der Waals surface area contributed by atoms with Crippen molar-refractivity contribution in [1.82, 2.24) is 0 Å². The number of rotatable bonds is 9. The van der Waals surface area contributed by atoms with Crippen molar-refractivity contribution < 1.29 is 23.8 Å². The highest BCUT2D eigenvalue weighted by Gasteiger charge is 2.31. The van der Waals surface area contributed by atoms with Crippen molar-refractivity contribution in [2.45, 2.75) is 25.7 Å². The molecule has 0 N–H and O–H groups in total. The Labute approximate surface area is 136 Å². The van der Waals surface area contributed by atoms with Gasteiger partial charge in [-0.3, -0.25) is 9.59 Å². The van der Waals surface area contributed by atoms with Gasteiger partial charge in [-0.2, -0.15) is 0 Å². The molecule has 1 fully saturated rings. The van der Waals surface area contributed by atoms with Gasteiger partial charge in [0.2, 0.25) is 0 Å². The Bertz CT molecular complexity index is 585. The Kier molecular flexibility index (Phi) is 6.20. The fraction of sp³-hybridized carbons (Fsp3) is 0.444. The van der Waals surface area contributed by atoms with E-state index in [1.807, 2.05) is 24.3 Å². The zero-order valence-electron chi connectivity index (χ0n) is 13.5. The summed E-state index contributed by atoms with van der Waals surface area (Å²) in [5.41, 5.74) is 3.28. The lowest BCUT2D eigenvalue weighted by atomic mass is 9.95. The molecule has 5 nitrogen and oxygen atoms in total. The fourth-order valence-corrected chi connectivity index (χ4v) is 2.64. The van der Waals surface area contributed by atoms with Crippen molar-refractivity contribution in [2.75, 3.05) is 20.8 Å². The number of esters is 1. The van der Waals surface area contributed by atoms with Gasteiger partial charge in [-0.1, -0.05) is 24.3 Å². The summed E-state index contributed by atoms with van der Waals surface area (Å²) in [5, 5.41) is 0. The van der Waals surface area contributed by atoms with Gasteiger partial charge in [-0.25, -0.2) is 0 Å². The molecule has 23 heavy (non-hydrogen) atoms. The standard InChI is InChI=1S/C18H22O5/c1-21-17(15-6-7-15)16(18(20)22-2)11-14-5-3-4-13(10-14)8-9-23-12-19/h3-5,10,12,16H,6-9,11H2,1-2H3. The fourth-order valence-electron chi connectivity index (χ4n) is 2.64. The van der Waals surface area contributed by atoms with Crippen LogP contribution in [0.4, 0.5) is 0 Å². The van der Waals surface area contributed by atoms with Gasteiger partial charge in [0.1, 0.15) is 11.7 Å². The Morgan fingerprint density at radius 3 is 2.57 bits per heavy atom. The number of ether oxygens (including phenoxy) is 3. The van der Waals surface area contributed by atoms with Crippen LogP contribution in [0.1, 0.15) is 24.0 Å². The van der Waals surface area contributed by atoms with Crippen LogP contribution in [0.15, 0.2) is 35.6 Å². The monoisotopic (exact) mass is 318 g/mol. The number of carbonyl (C=O) groups is 2. The number of allylic oxidation sites excluding steroid dienone is 1. The minimum Gasteiger partial charge on any atom is -0.500 e. The van der Waals surface area contributed by atoms with Crippen molar-refractivity contribution in [1.29, 1.82) is 0 Å². The van der Waals surface area contributed by atoms with Crippen LogP contribution in [0.25, 0.3) is 0 Å². The van der Waals surface area contributed by atoms with E-state index in [2.05, 4.69) is 0 Å². The first-order chi connectivity index (χ1) is 11.2. The average Bonchev–Trinajstić information content (AvgIpc) is 3.39. The van der Waals surface area contributed by atoms with E-state index in [1.54, 1.807) is 7.11 Å². The third-order valence-corrected chi connectivity index (χ3v) is 3.88. The van der Waals surface area contributed by atoms with Gasteiger partial charge in [-0.05, 0) is 36.0 Å². The summed E-state index contributed by atoms with van der Waals surface area (Å²) >= 11 is 0. The van der Waals surface area contributed by atoms with E-state index in [0.29, 0.717) is 25.9 Å². The highest BCUT2D eigenvalue weighted by atomic mass is 16.5. The molecule has 1 aliphatic carbocycles. The molecule has 5 heteroatoms. The average molecular weight is 318 g/mol. The number of benzene rings is 1. The van der Waals surface area contributed by atoms with Gasteiger partial charge < -0.3 is 14.2 Å². The molecule has 1 aromatic carbocycles. The SMILES string of the molecule is COC(=O)C(Cc1cccc(CCOC=O)c1)C(OC)=C1CC1. The summed E-state index contributed by atoms with van der Waals surface area (Å²) in [6, 6.07) is 7.91. The van der Waals surface area contributed by atoms with Crippen molar-refractivity contribution in [3.63, 3.8) is 0 Å². The summed E-state index contributed by atoms with van der Waals surface area (Å²) < 4.78 is 15.1. The first kappa shape index (κ1) is 17.1. The quantitative estimate of drug-likeness (QED) is 0.303. The molecule has 1 saturated carbocycles. The van der Waals surface area contributed by atoms with E-state index in [-0.39, 0.29) is 5.97 Å². The molecule has 0 bridgehead atoms. The van der Waals surface area contributed by atoms with E-state index in [0.717, 1.165) is 29.7 Å². The van der Waals surface area contributed by atoms with Gasteiger partial charge in [0.25, 0.3) is 6.47 Å². The highest BCUT2D eigenvalue weighted by molar-refractivity contribution is 5.76. The van der Waals surface area contributed by atoms with Crippen LogP contribution in [0, 0.1) is 5.92 Å². The normalized spacial score (nSPS) is 13.9. The molecule has 0 aromatic heterocycles. The molecular weight excluding hydrogens is 296 g/mol. The Morgan fingerprint density at radius 2 is 1.96 bits per heavy atom. The maximum atomic E-state index is 12.1. The topological polar surface area (TPSA) is 61.8 Å². The third-order valence-electron chi connectivity index (χ3n) is 3.88. The van der Waals surface area contributed by atoms with Gasteiger partial charge in [0.15, 0.2) is 0 Å². The Morgan fingerprint density at radius 1 is 1.22 bits per heavy atom. The van der Waals surface area contributed by atoms with E-state index >= 15 is 0 Å². The summed E-state index contributed by atoms with van der Waals surface area (Å²) in [6.07, 6.45) is 3.15. The number of carbonyl (C=O) groups excluding carboxylic acids is 2. The second-order valence-electron chi connectivity index (χ2n) is 5.49. The zero-order valence-corrected chi connectivity index (χ0v) is 13.5. The maximum Gasteiger partial charge on any atom is 0.316 e. The van der Waals surface area contributed by atoms with Crippen molar-refractivity contribution in [2.24, 2.45) is 5.92 Å².